The molecule has 3 aromatic carbocycles. The molecule has 0 bridgehead atoms. The average molecular weight is 588 g/mol. The van der Waals surface area contributed by atoms with Crippen LogP contribution in [0, 0.1) is 6.92 Å². The van der Waals surface area contributed by atoms with Gasteiger partial charge in [-0.25, -0.2) is 0 Å². The lowest BCUT2D eigenvalue weighted by atomic mass is 9.71. The van der Waals surface area contributed by atoms with Gasteiger partial charge in [0, 0.05) is 45.0 Å². The van der Waals surface area contributed by atoms with E-state index in [0.717, 1.165) is 32.6 Å². The standard InChI is InChI=1S/C32H31BrN2O4/c1-18-9-12-22(13-10-18)35-32(37)29-19(2)34-25-15-21(20-11-14-27(38-3)28(17-20)39-4)16-26(36)31(25)30(29)23-7-5-6-8-24(23)33/h5-14,17,21,30,34H,15-16H2,1-4H3,(H,35,37)/t21-,30+/m0/s1. The van der Waals surface area contributed by atoms with E-state index >= 15 is 0 Å². The Hall–Kier alpha value is -3.84. The zero-order chi connectivity index (χ0) is 27.7. The minimum absolute atomic E-state index is 0.0254. The summed E-state index contributed by atoms with van der Waals surface area (Å²) in [7, 11) is 3.21. The smallest absolute Gasteiger partial charge is 0.254 e. The van der Waals surface area contributed by atoms with E-state index in [1.54, 1.807) is 14.2 Å². The van der Waals surface area contributed by atoms with Crippen molar-refractivity contribution in [3.63, 3.8) is 0 Å². The lowest BCUT2D eigenvalue weighted by Gasteiger charge is -2.37. The fourth-order valence-corrected chi connectivity index (χ4v) is 6.05. The molecule has 3 aromatic rings. The monoisotopic (exact) mass is 586 g/mol. The average Bonchev–Trinajstić information content (AvgIpc) is 2.93. The summed E-state index contributed by atoms with van der Waals surface area (Å²) in [6.45, 7) is 3.91. The maximum Gasteiger partial charge on any atom is 0.254 e. The van der Waals surface area contributed by atoms with Gasteiger partial charge in [0.15, 0.2) is 17.3 Å². The van der Waals surface area contributed by atoms with Crippen LogP contribution in [-0.2, 0) is 9.59 Å². The number of hydrogen-bond donors (Lipinski definition) is 2. The van der Waals surface area contributed by atoms with E-state index in [1.165, 1.54) is 0 Å². The van der Waals surface area contributed by atoms with E-state index < -0.39 is 5.92 Å². The quantitative estimate of drug-likeness (QED) is 0.333. The number of hydrogen-bond acceptors (Lipinski definition) is 5. The summed E-state index contributed by atoms with van der Waals surface area (Å²) in [5, 5.41) is 6.50. The largest absolute Gasteiger partial charge is 0.493 e. The van der Waals surface area contributed by atoms with Crippen molar-refractivity contribution in [3.05, 3.63) is 110 Å². The van der Waals surface area contributed by atoms with Gasteiger partial charge in [-0.1, -0.05) is 57.9 Å². The Bertz CT molecular complexity index is 1510. The number of nitrogens with one attached hydrogen (secondary N) is 2. The van der Waals surface area contributed by atoms with Crippen LogP contribution in [0.3, 0.4) is 0 Å². The normalized spacial score (nSPS) is 18.8. The summed E-state index contributed by atoms with van der Waals surface area (Å²) in [5.74, 6) is 0.552. The van der Waals surface area contributed by atoms with Crippen molar-refractivity contribution in [2.45, 2.75) is 38.5 Å². The van der Waals surface area contributed by atoms with Crippen molar-refractivity contribution in [1.29, 1.82) is 0 Å². The third kappa shape index (κ3) is 5.23. The van der Waals surface area contributed by atoms with Gasteiger partial charge < -0.3 is 20.1 Å². The van der Waals surface area contributed by atoms with Crippen LogP contribution in [0.4, 0.5) is 5.69 Å². The SMILES string of the molecule is COc1ccc([C@@H]2CC(=O)C3=C(C2)NC(C)=C(C(=O)Nc2ccc(C)cc2)[C@H]3c2ccccc2Br)cc1OC. The Morgan fingerprint density at radius 3 is 2.36 bits per heavy atom. The van der Waals surface area contributed by atoms with E-state index in [2.05, 4.69) is 26.6 Å². The van der Waals surface area contributed by atoms with Crippen LogP contribution in [0.25, 0.3) is 0 Å². The highest BCUT2D eigenvalue weighted by Gasteiger charge is 2.41. The third-order valence-electron chi connectivity index (χ3n) is 7.48. The Morgan fingerprint density at radius 2 is 1.67 bits per heavy atom. The fraction of sp³-hybridized carbons (Fsp3) is 0.250. The van der Waals surface area contributed by atoms with Crippen LogP contribution in [0.15, 0.2) is 93.7 Å². The van der Waals surface area contributed by atoms with Crippen molar-refractivity contribution < 1.29 is 19.1 Å². The molecule has 0 saturated carbocycles. The molecule has 0 fully saturated rings. The van der Waals surface area contributed by atoms with Crippen LogP contribution in [-0.4, -0.2) is 25.9 Å². The second-order valence-corrected chi connectivity index (χ2v) is 10.8. The molecular weight excluding hydrogens is 556 g/mol. The zero-order valence-corrected chi connectivity index (χ0v) is 24.0. The highest BCUT2D eigenvalue weighted by molar-refractivity contribution is 9.10. The first-order valence-electron chi connectivity index (χ1n) is 12.9. The molecule has 2 N–H and O–H groups in total. The number of benzene rings is 3. The van der Waals surface area contributed by atoms with Gasteiger partial charge in [-0.2, -0.15) is 0 Å². The Balaban J connectivity index is 1.55. The number of amides is 1. The molecule has 1 heterocycles. The molecular formula is C32H31BrN2O4. The summed E-state index contributed by atoms with van der Waals surface area (Å²) in [6.07, 6.45) is 0.977. The van der Waals surface area contributed by atoms with E-state index in [-0.39, 0.29) is 17.6 Å². The third-order valence-corrected chi connectivity index (χ3v) is 8.20. The zero-order valence-electron chi connectivity index (χ0n) is 22.4. The first kappa shape index (κ1) is 26.8. The highest BCUT2D eigenvalue weighted by atomic mass is 79.9. The molecule has 39 heavy (non-hydrogen) atoms. The molecule has 5 rings (SSSR count). The van der Waals surface area contributed by atoms with Gasteiger partial charge in [-0.3, -0.25) is 9.59 Å². The summed E-state index contributed by atoms with van der Waals surface area (Å²) < 4.78 is 11.8. The number of carbonyl (C=O) groups is 2. The van der Waals surface area contributed by atoms with E-state index in [9.17, 15) is 9.59 Å². The molecule has 200 valence electrons. The van der Waals surface area contributed by atoms with Gasteiger partial charge in [0.2, 0.25) is 0 Å². The number of aryl methyl sites for hydroxylation is 1. The summed E-state index contributed by atoms with van der Waals surface area (Å²) >= 11 is 3.68. The molecule has 1 aliphatic heterocycles. The van der Waals surface area contributed by atoms with Gasteiger partial charge in [0.05, 0.1) is 14.2 Å². The Labute approximate surface area is 237 Å². The topological polar surface area (TPSA) is 76.7 Å². The van der Waals surface area contributed by atoms with Gasteiger partial charge in [0.1, 0.15) is 0 Å². The lowest BCUT2D eigenvalue weighted by molar-refractivity contribution is -0.116. The van der Waals surface area contributed by atoms with Crippen molar-refractivity contribution in [1.82, 2.24) is 5.32 Å². The molecule has 0 aromatic heterocycles. The number of dihydropyridines is 1. The highest BCUT2D eigenvalue weighted by Crippen LogP contribution is 2.47. The van der Waals surface area contributed by atoms with Crippen LogP contribution >= 0.6 is 15.9 Å². The van der Waals surface area contributed by atoms with Gasteiger partial charge >= 0.3 is 0 Å². The van der Waals surface area contributed by atoms with E-state index in [1.807, 2.05) is 80.6 Å². The second-order valence-electron chi connectivity index (χ2n) is 9.97. The minimum Gasteiger partial charge on any atom is -0.493 e. The maximum atomic E-state index is 13.9. The fourth-order valence-electron chi connectivity index (χ4n) is 5.54. The molecule has 1 aliphatic carbocycles. The summed E-state index contributed by atoms with van der Waals surface area (Å²) in [4.78, 5) is 27.7. The Kier molecular flexibility index (Phi) is 7.62. The number of anilines is 1. The summed E-state index contributed by atoms with van der Waals surface area (Å²) in [5.41, 5.74) is 6.50. The van der Waals surface area contributed by atoms with Crippen molar-refractivity contribution >= 4 is 33.3 Å². The summed E-state index contributed by atoms with van der Waals surface area (Å²) in [6, 6.07) is 21.3. The number of rotatable bonds is 6. The number of methoxy groups -OCH3 is 2. The van der Waals surface area contributed by atoms with Crippen LogP contribution in [0.2, 0.25) is 0 Å². The molecule has 0 saturated heterocycles. The molecule has 2 atom stereocenters. The lowest BCUT2D eigenvalue weighted by Crippen LogP contribution is -2.37. The molecule has 0 radical (unpaired) electrons. The molecule has 0 spiro atoms. The van der Waals surface area contributed by atoms with Gasteiger partial charge in [-0.15, -0.1) is 0 Å². The number of halogens is 1. The van der Waals surface area contributed by atoms with Crippen LogP contribution in [0.5, 0.6) is 11.5 Å². The second kappa shape index (κ2) is 11.1. The first-order chi connectivity index (χ1) is 18.8. The number of allylic oxidation sites excluding steroid dienone is 3. The predicted octanol–water partition coefficient (Wildman–Crippen LogP) is 6.78. The van der Waals surface area contributed by atoms with E-state index in [4.69, 9.17) is 9.47 Å². The molecule has 0 unspecified atom stereocenters. The van der Waals surface area contributed by atoms with Crippen molar-refractivity contribution in [2.24, 2.45) is 0 Å². The van der Waals surface area contributed by atoms with Crippen LogP contribution < -0.4 is 20.1 Å². The van der Waals surface area contributed by atoms with E-state index in [0.29, 0.717) is 41.2 Å². The van der Waals surface area contributed by atoms with Crippen molar-refractivity contribution in [2.75, 3.05) is 19.5 Å². The minimum atomic E-state index is -0.499. The Morgan fingerprint density at radius 1 is 0.949 bits per heavy atom. The number of carbonyl (C=O) groups excluding carboxylic acids is 2. The number of Topliss-reactive ketones (excluding diaryl/α,β-unsaturated/α-hetero) is 1. The van der Waals surface area contributed by atoms with Crippen molar-refractivity contribution in [3.8, 4) is 11.5 Å². The first-order valence-corrected chi connectivity index (χ1v) is 13.7. The van der Waals surface area contributed by atoms with Gasteiger partial charge in [0.25, 0.3) is 5.91 Å². The molecule has 7 heteroatoms. The maximum absolute atomic E-state index is 13.9. The van der Waals surface area contributed by atoms with Crippen LogP contribution in [0.1, 0.15) is 48.3 Å². The number of ether oxygens (including phenoxy) is 2. The number of ketones is 1. The molecule has 1 amide bonds. The van der Waals surface area contributed by atoms with Gasteiger partial charge in [-0.05, 0) is 67.6 Å². The predicted molar refractivity (Wildman–Crippen MR) is 156 cm³/mol. The molecule has 2 aliphatic rings. The molecule has 6 nitrogen and oxygen atoms in total.